The van der Waals surface area contributed by atoms with Gasteiger partial charge in [0.15, 0.2) is 0 Å². The molecule has 0 spiro atoms. The van der Waals surface area contributed by atoms with Crippen LogP contribution in [0.2, 0.25) is 0 Å². The molecule has 0 aromatic carbocycles. The topological polar surface area (TPSA) is 29.1 Å². The van der Waals surface area contributed by atoms with E-state index in [9.17, 15) is 4.79 Å². The fourth-order valence-corrected chi connectivity index (χ4v) is 0. The lowest BCUT2D eigenvalue weighted by atomic mass is 10.8. The summed E-state index contributed by atoms with van der Waals surface area (Å²) in [4.78, 5) is 9.65. The van der Waals surface area contributed by atoms with Gasteiger partial charge in [0.2, 0.25) is 5.91 Å². The number of hydrogen-bond acceptors (Lipinski definition) is 1. The van der Waals surface area contributed by atoms with Gasteiger partial charge in [0.25, 0.3) is 0 Å². The second-order valence-corrected chi connectivity index (χ2v) is 1.05. The van der Waals surface area contributed by atoms with Gasteiger partial charge in [-0.2, -0.15) is 0 Å². The smallest absolute Gasteiger partial charge is 0.226 e. The van der Waals surface area contributed by atoms with Gasteiger partial charge in [-0.15, -0.1) is 17.0 Å². The Morgan fingerprint density at radius 1 is 1.83 bits per heavy atom. The summed E-state index contributed by atoms with van der Waals surface area (Å²) in [6.07, 6.45) is 0. The Balaban J connectivity index is 0. The van der Waals surface area contributed by atoms with E-state index < -0.39 is 0 Å². The average Bonchev–Trinajstić information content (AvgIpc) is 1.38. The first-order valence-corrected chi connectivity index (χ1v) is 1.94. The zero-order valence-electron chi connectivity index (χ0n) is 3.19. The van der Waals surface area contributed by atoms with Crippen molar-refractivity contribution in [2.75, 3.05) is 0 Å². The number of amides is 1. The van der Waals surface area contributed by atoms with Crippen LogP contribution in [0.3, 0.4) is 0 Å². The lowest BCUT2D eigenvalue weighted by molar-refractivity contribution is -0.116. The molecule has 0 atom stereocenters. The molecule has 0 aromatic heterocycles. The highest BCUT2D eigenvalue weighted by molar-refractivity contribution is 9.08. The molecule has 6 heavy (non-hydrogen) atoms. The second-order valence-electron chi connectivity index (χ2n) is 0.651. The third kappa shape index (κ3) is 8.83. The van der Waals surface area contributed by atoms with E-state index in [0.717, 1.165) is 0 Å². The highest BCUT2D eigenvalue weighted by Crippen LogP contribution is 1.63. The van der Waals surface area contributed by atoms with Gasteiger partial charge < -0.3 is 0 Å². The lowest BCUT2D eigenvalue weighted by Crippen LogP contribution is -2.03. The molecule has 0 saturated carbocycles. The van der Waals surface area contributed by atoms with Crippen LogP contribution in [0, 0.1) is 0 Å². The molecule has 0 unspecified atom stereocenters. The molecule has 0 aromatic rings. The Hall–Kier alpha value is 0.430. The number of hydrogen-bond donors (Lipinski definition) is 1. The van der Waals surface area contributed by atoms with Crippen LogP contribution in [0.25, 0.3) is 0 Å². The van der Waals surface area contributed by atoms with Crippen LogP contribution >= 0.6 is 33.1 Å². The molecule has 0 fully saturated rings. The Bertz CT molecular complexity index is 46.8. The second kappa shape index (κ2) is 5.43. The van der Waals surface area contributed by atoms with Gasteiger partial charge in [-0.1, -0.05) is 0 Å². The monoisotopic (exact) mass is 217 g/mol. The van der Waals surface area contributed by atoms with Crippen LogP contribution in [0.1, 0.15) is 6.92 Å². The minimum atomic E-state index is -0.0787. The summed E-state index contributed by atoms with van der Waals surface area (Å²) >= 11 is 2.71. The van der Waals surface area contributed by atoms with Crippen molar-refractivity contribution >= 4 is 39.0 Å². The fourth-order valence-electron chi connectivity index (χ4n) is 0. The summed E-state index contributed by atoms with van der Waals surface area (Å²) in [6.45, 7) is 1.43. The maximum Gasteiger partial charge on any atom is 0.226 e. The molecule has 0 bridgehead atoms. The summed E-state index contributed by atoms with van der Waals surface area (Å²) in [7, 11) is 0. The minimum absolute atomic E-state index is 0. The van der Waals surface area contributed by atoms with Gasteiger partial charge in [-0.25, -0.2) is 0 Å². The molecule has 1 amide bonds. The molecular formula is C2H5Br2NO. The summed E-state index contributed by atoms with van der Waals surface area (Å²) in [5, 5.41) is 0. The first-order valence-electron chi connectivity index (χ1n) is 1.14. The molecule has 0 heterocycles. The van der Waals surface area contributed by atoms with Crippen LogP contribution in [0.15, 0.2) is 0 Å². The molecular weight excluding hydrogens is 214 g/mol. The van der Waals surface area contributed by atoms with Crippen molar-refractivity contribution in [1.82, 2.24) is 4.34 Å². The highest BCUT2D eigenvalue weighted by Gasteiger charge is 1.75. The maximum atomic E-state index is 9.65. The van der Waals surface area contributed by atoms with Gasteiger partial charge in [-0.05, 0) is 0 Å². The molecule has 2 nitrogen and oxygen atoms in total. The number of rotatable bonds is 0. The largest absolute Gasteiger partial charge is 0.293 e. The van der Waals surface area contributed by atoms with E-state index in [4.69, 9.17) is 0 Å². The van der Waals surface area contributed by atoms with Crippen molar-refractivity contribution in [3.63, 3.8) is 0 Å². The molecule has 38 valence electrons. The zero-order chi connectivity index (χ0) is 4.28. The molecule has 0 radical (unpaired) electrons. The lowest BCUT2D eigenvalue weighted by Gasteiger charge is -1.76. The molecule has 0 aliphatic heterocycles. The van der Waals surface area contributed by atoms with Gasteiger partial charge in [0.05, 0.1) is 0 Å². The van der Waals surface area contributed by atoms with E-state index in [-0.39, 0.29) is 22.9 Å². The number of carbonyl (C=O) groups excluding carboxylic acids is 1. The van der Waals surface area contributed by atoms with E-state index in [1.54, 1.807) is 0 Å². The quantitative estimate of drug-likeness (QED) is 0.605. The Labute approximate surface area is 55.4 Å². The number of halogens is 2. The number of carbonyl (C=O) groups is 1. The normalized spacial score (nSPS) is 5.67. The summed E-state index contributed by atoms with van der Waals surface area (Å²) in [6, 6.07) is 0. The van der Waals surface area contributed by atoms with Crippen LogP contribution in [0.5, 0.6) is 0 Å². The van der Waals surface area contributed by atoms with Gasteiger partial charge >= 0.3 is 0 Å². The van der Waals surface area contributed by atoms with Crippen LogP contribution < -0.4 is 4.34 Å². The maximum absolute atomic E-state index is 9.65. The van der Waals surface area contributed by atoms with Gasteiger partial charge in [0.1, 0.15) is 0 Å². The van der Waals surface area contributed by atoms with E-state index in [2.05, 4.69) is 20.5 Å². The predicted molar refractivity (Wildman–Crippen MR) is 33.1 cm³/mol. The average molecular weight is 219 g/mol. The summed E-state index contributed by atoms with van der Waals surface area (Å²) in [5.41, 5.74) is 0. The van der Waals surface area contributed by atoms with Crippen LogP contribution in [0.4, 0.5) is 0 Å². The van der Waals surface area contributed by atoms with Crippen molar-refractivity contribution in [3.05, 3.63) is 0 Å². The molecule has 0 rings (SSSR count). The van der Waals surface area contributed by atoms with Crippen molar-refractivity contribution in [2.24, 2.45) is 0 Å². The van der Waals surface area contributed by atoms with E-state index in [1.165, 1.54) is 6.92 Å². The standard InChI is InChI=1S/C2H4BrNO.BrH/c1-2(5)4-3;/h1H3,(H,4,5);1H. The van der Waals surface area contributed by atoms with E-state index >= 15 is 0 Å². The predicted octanol–water partition coefficient (Wildman–Crippen LogP) is 1.01. The van der Waals surface area contributed by atoms with E-state index in [1.807, 2.05) is 0 Å². The number of nitrogens with one attached hydrogen (secondary N) is 1. The molecule has 0 saturated heterocycles. The molecule has 4 heteroatoms. The summed E-state index contributed by atoms with van der Waals surface area (Å²) < 4.78 is 2.20. The van der Waals surface area contributed by atoms with Crippen molar-refractivity contribution in [1.29, 1.82) is 0 Å². The zero-order valence-corrected chi connectivity index (χ0v) is 6.49. The Morgan fingerprint density at radius 3 is 2.00 bits per heavy atom. The third-order valence-electron chi connectivity index (χ3n) is 0.133. The van der Waals surface area contributed by atoms with Crippen molar-refractivity contribution in [2.45, 2.75) is 6.92 Å². The third-order valence-corrected chi connectivity index (χ3v) is 0.691. The van der Waals surface area contributed by atoms with Crippen molar-refractivity contribution in [3.8, 4) is 0 Å². The summed E-state index contributed by atoms with van der Waals surface area (Å²) in [5.74, 6) is -0.0787. The SMILES string of the molecule is Br.CC(=O)NBr. The first kappa shape index (κ1) is 9.66. The Kier molecular flexibility index (Phi) is 8.74. The Morgan fingerprint density at radius 2 is 2.00 bits per heavy atom. The highest BCUT2D eigenvalue weighted by atomic mass is 79.9. The first-order chi connectivity index (χ1) is 2.27. The molecule has 0 aliphatic carbocycles. The van der Waals surface area contributed by atoms with Crippen LogP contribution in [-0.2, 0) is 4.79 Å². The van der Waals surface area contributed by atoms with E-state index in [0.29, 0.717) is 0 Å². The molecule has 1 N–H and O–H groups in total. The van der Waals surface area contributed by atoms with Crippen molar-refractivity contribution < 1.29 is 4.79 Å². The van der Waals surface area contributed by atoms with Crippen LogP contribution in [-0.4, -0.2) is 5.91 Å². The van der Waals surface area contributed by atoms with Gasteiger partial charge in [-0.3, -0.25) is 9.14 Å². The fraction of sp³-hybridized carbons (Fsp3) is 0.500. The van der Waals surface area contributed by atoms with Gasteiger partial charge in [0, 0.05) is 23.1 Å². The molecule has 0 aliphatic rings. The minimum Gasteiger partial charge on any atom is -0.293 e.